The molecule has 0 aromatic heterocycles. The van der Waals surface area contributed by atoms with Gasteiger partial charge < -0.3 is 18.9 Å². The highest BCUT2D eigenvalue weighted by Gasteiger charge is 2.47. The van der Waals surface area contributed by atoms with E-state index in [0.717, 1.165) is 143 Å². The van der Waals surface area contributed by atoms with E-state index >= 15 is 9.59 Å². The van der Waals surface area contributed by atoms with Crippen molar-refractivity contribution in [2.45, 2.75) is 145 Å². The maximum absolute atomic E-state index is 15.4. The molecule has 0 amide bonds. The zero-order chi connectivity index (χ0) is 77.4. The van der Waals surface area contributed by atoms with E-state index in [1.54, 1.807) is 0 Å². The van der Waals surface area contributed by atoms with Crippen LogP contribution in [0, 0.1) is 0 Å². The molecular weight excluding hydrogens is 1370 g/mol. The van der Waals surface area contributed by atoms with Crippen LogP contribution in [0.15, 0.2) is 231 Å². The van der Waals surface area contributed by atoms with Gasteiger partial charge in [0.2, 0.25) is 13.4 Å². The SMILES string of the molecule is CC(C)c1cc(C(C)C)c(-c2cc3c4c(cc5c(-c6c(C(C)C)cc(C(C)C)cc6C(C)C)cc6c7c(cc2c4c57)B2c4ccc(C(=O)OCc5ccccc5)cc4-c4cc(C(=O)OCc5ccccc5)cc-6c42)B2c4ccc(C(=O)OCc5ccccc5)cc4-c4cc(C(=O)OCc5ccccc5)cc-3c42)c(C(C)C)c1. The molecule has 0 unspecified atom stereocenters. The molecule has 550 valence electrons. The van der Waals surface area contributed by atoms with E-state index in [2.05, 4.69) is 156 Å². The van der Waals surface area contributed by atoms with Gasteiger partial charge in [0, 0.05) is 0 Å². The number of rotatable bonds is 20. The lowest BCUT2D eigenvalue weighted by Gasteiger charge is -2.34. The van der Waals surface area contributed by atoms with Gasteiger partial charge in [-0.05, 0) is 251 Å². The van der Waals surface area contributed by atoms with Crippen LogP contribution in [-0.4, -0.2) is 37.3 Å². The second-order valence-corrected chi connectivity index (χ2v) is 33.2. The lowest BCUT2D eigenvalue weighted by atomic mass is 9.34. The van der Waals surface area contributed by atoms with E-state index in [1.165, 1.54) is 44.5 Å². The maximum Gasteiger partial charge on any atom is 0.338 e. The molecule has 4 heterocycles. The van der Waals surface area contributed by atoms with E-state index in [0.29, 0.717) is 22.3 Å². The van der Waals surface area contributed by atoms with Crippen LogP contribution in [0.1, 0.15) is 216 Å². The molecule has 0 spiro atoms. The Bertz CT molecular complexity index is 5790. The van der Waals surface area contributed by atoms with Crippen molar-refractivity contribution in [1.82, 2.24) is 0 Å². The average Bonchev–Trinajstić information content (AvgIpc) is 1.30. The van der Waals surface area contributed by atoms with E-state index in [4.69, 9.17) is 18.9 Å². The van der Waals surface area contributed by atoms with Crippen molar-refractivity contribution in [2.24, 2.45) is 0 Å². The maximum atomic E-state index is 15.4. The van der Waals surface area contributed by atoms with Crippen LogP contribution in [0.4, 0.5) is 0 Å². The van der Waals surface area contributed by atoms with Crippen LogP contribution in [0.3, 0.4) is 0 Å². The van der Waals surface area contributed by atoms with E-state index < -0.39 is 23.9 Å². The summed E-state index contributed by atoms with van der Waals surface area (Å²) in [6.07, 6.45) is 0. The van der Waals surface area contributed by atoms with Gasteiger partial charge in [-0.2, -0.15) is 0 Å². The zero-order valence-electron chi connectivity index (χ0n) is 65.7. The highest BCUT2D eigenvalue weighted by Crippen LogP contribution is 2.55. The Balaban J connectivity index is 0.996. The molecule has 8 nitrogen and oxygen atoms in total. The molecule has 14 aromatic carbocycles. The lowest BCUT2D eigenvalue weighted by Crippen LogP contribution is -2.53. The van der Waals surface area contributed by atoms with E-state index in [-0.39, 0.29) is 75.4 Å². The summed E-state index contributed by atoms with van der Waals surface area (Å²) in [5, 5.41) is 6.63. The average molecular weight is 1460 g/mol. The highest BCUT2D eigenvalue weighted by atomic mass is 16.5. The first-order valence-corrected chi connectivity index (χ1v) is 39.9. The van der Waals surface area contributed by atoms with Crippen LogP contribution in [0.25, 0.3) is 99.1 Å². The first-order chi connectivity index (χ1) is 54.2. The van der Waals surface area contributed by atoms with Crippen molar-refractivity contribution >= 4 is 102 Å². The Morgan fingerprint density at radius 3 is 0.821 bits per heavy atom. The third-order valence-corrected chi connectivity index (χ3v) is 24.2. The summed E-state index contributed by atoms with van der Waals surface area (Å²) in [4.78, 5) is 60.0. The molecule has 4 aliphatic rings. The van der Waals surface area contributed by atoms with Gasteiger partial charge in [0.25, 0.3) is 0 Å². The van der Waals surface area contributed by atoms with Gasteiger partial charge in [-0.3, -0.25) is 0 Å². The summed E-state index contributed by atoms with van der Waals surface area (Å²) >= 11 is 0. The lowest BCUT2D eigenvalue weighted by molar-refractivity contribution is 0.0464. The van der Waals surface area contributed by atoms with Crippen LogP contribution in [-0.2, 0) is 45.4 Å². The molecular formula is C102H88B2O8. The molecule has 0 saturated heterocycles. The molecule has 0 N–H and O–H groups in total. The van der Waals surface area contributed by atoms with Crippen molar-refractivity contribution in [3.63, 3.8) is 0 Å². The molecule has 18 rings (SSSR count). The van der Waals surface area contributed by atoms with Gasteiger partial charge in [-0.15, -0.1) is 0 Å². The first-order valence-electron chi connectivity index (χ1n) is 39.9. The third-order valence-electron chi connectivity index (χ3n) is 24.2. The molecule has 0 fully saturated rings. The smallest absolute Gasteiger partial charge is 0.338 e. The van der Waals surface area contributed by atoms with Crippen molar-refractivity contribution in [3.8, 4) is 66.8 Å². The van der Waals surface area contributed by atoms with Gasteiger partial charge in [-0.25, -0.2) is 19.2 Å². The first kappa shape index (κ1) is 71.7. The molecule has 112 heavy (non-hydrogen) atoms. The van der Waals surface area contributed by atoms with E-state index in [1.807, 2.05) is 158 Å². The fraction of sp³-hybridized carbons (Fsp3) is 0.216. The van der Waals surface area contributed by atoms with Gasteiger partial charge in [-0.1, -0.05) is 286 Å². The fourth-order valence-corrected chi connectivity index (χ4v) is 18.7. The van der Waals surface area contributed by atoms with Gasteiger partial charge in [0.05, 0.1) is 22.3 Å². The molecule has 0 aliphatic carbocycles. The Morgan fingerprint density at radius 2 is 0.536 bits per heavy atom. The number of ether oxygens (including phenoxy) is 4. The number of carbonyl (C=O) groups excluding carboxylic acids is 4. The molecule has 0 bridgehead atoms. The molecule has 0 radical (unpaired) electrons. The largest absolute Gasteiger partial charge is 0.457 e. The second-order valence-electron chi connectivity index (χ2n) is 33.2. The number of carbonyl (C=O) groups is 4. The summed E-state index contributed by atoms with van der Waals surface area (Å²) in [5.41, 5.74) is 31.1. The highest BCUT2D eigenvalue weighted by molar-refractivity contribution is 7.03. The number of esters is 4. The van der Waals surface area contributed by atoms with Crippen molar-refractivity contribution in [3.05, 3.63) is 308 Å². The molecule has 4 aliphatic heterocycles. The van der Waals surface area contributed by atoms with E-state index in [9.17, 15) is 9.59 Å². The topological polar surface area (TPSA) is 105 Å². The molecule has 10 heteroatoms. The summed E-state index contributed by atoms with van der Waals surface area (Å²) < 4.78 is 25.0. The summed E-state index contributed by atoms with van der Waals surface area (Å²) in [5.74, 6) is -0.886. The number of hydrogen-bond acceptors (Lipinski definition) is 8. The second kappa shape index (κ2) is 28.2. The van der Waals surface area contributed by atoms with Crippen molar-refractivity contribution in [1.29, 1.82) is 0 Å². The van der Waals surface area contributed by atoms with Crippen LogP contribution >= 0.6 is 0 Å². The minimum absolute atomic E-state index is 0.0806. The zero-order valence-corrected chi connectivity index (χ0v) is 65.7. The number of benzene rings is 14. The predicted molar refractivity (Wildman–Crippen MR) is 459 cm³/mol. The van der Waals surface area contributed by atoms with Crippen LogP contribution in [0.2, 0.25) is 0 Å². The van der Waals surface area contributed by atoms with Gasteiger partial charge >= 0.3 is 23.9 Å². The minimum atomic E-state index is -0.454. The Labute approximate surface area is 656 Å². The van der Waals surface area contributed by atoms with Crippen molar-refractivity contribution < 1.29 is 38.1 Å². The standard InChI is InChI=1S/C102H88B2O8/c1-55(2)67-39-71(57(5)6)91(72(40-67)58(7)8)77-47-79-85-45-69(101(107)111-53-63-29-21-15-22-30-63)43-83-75-37-66(100(106)110-52-62-27-19-14-20-28-62)34-36-88(75)104(97(83)85)90-50-82-78(92-73(59(9)10)41-68(56(3)4)42-74(92)60(11)12)48-80-86-46-70(102(108)112-54-64-31-23-16-24-32-64)44-84-76-38-65(99(105)109-51-61-25-17-13-18-26-61)33-35-87(76)103(98(84)86)89-49-81(77)95(93(79)90)96(82)94(80)89/h13-50,55-60H,51-54H2,1-12H3. The van der Waals surface area contributed by atoms with Gasteiger partial charge in [0.15, 0.2) is 0 Å². The predicted octanol–water partition coefficient (Wildman–Crippen LogP) is 21.0. The molecule has 14 aromatic rings. The van der Waals surface area contributed by atoms with Gasteiger partial charge in [0.1, 0.15) is 26.4 Å². The van der Waals surface area contributed by atoms with Crippen molar-refractivity contribution in [2.75, 3.05) is 0 Å². The van der Waals surface area contributed by atoms with Crippen LogP contribution in [0.5, 0.6) is 0 Å². The summed E-state index contributed by atoms with van der Waals surface area (Å²) in [6.45, 7) is 27.4. The minimum Gasteiger partial charge on any atom is -0.457 e. The number of hydrogen-bond donors (Lipinski definition) is 0. The quantitative estimate of drug-likeness (QED) is 0.0322. The number of fused-ring (bicyclic) bond motifs is 10. The monoisotopic (exact) mass is 1460 g/mol. The summed E-state index contributed by atoms with van der Waals surface area (Å²) in [6, 6.07) is 79.3. The Hall–Kier alpha value is -11.9. The molecule has 0 atom stereocenters. The van der Waals surface area contributed by atoms with Crippen LogP contribution < -0.4 is 32.8 Å². The summed E-state index contributed by atoms with van der Waals surface area (Å²) in [7, 11) is 0. The third kappa shape index (κ3) is 12.0. The Kier molecular flexibility index (Phi) is 18.0. The fourth-order valence-electron chi connectivity index (χ4n) is 18.7. The Morgan fingerprint density at radius 1 is 0.259 bits per heavy atom. The molecule has 0 saturated carbocycles. The normalized spacial score (nSPS) is 12.7.